The van der Waals surface area contributed by atoms with Gasteiger partial charge in [0.15, 0.2) is 0 Å². The zero-order chi connectivity index (χ0) is 11.8. The number of amides is 2. The van der Waals surface area contributed by atoms with Crippen molar-refractivity contribution in [3.63, 3.8) is 0 Å². The molecule has 0 saturated heterocycles. The third-order valence-electron chi connectivity index (χ3n) is 1.91. The highest BCUT2D eigenvalue weighted by atomic mass is 16.4. The summed E-state index contributed by atoms with van der Waals surface area (Å²) in [5, 5.41) is 13.7. The number of carbonyl (C=O) groups is 2. The number of hydrogen-bond acceptors (Lipinski definition) is 2. The number of hydrogen-bond donors (Lipinski definition) is 3. The van der Waals surface area contributed by atoms with Gasteiger partial charge < -0.3 is 15.7 Å². The number of carboxylic acids is 1. The Morgan fingerprint density at radius 3 is 2.47 bits per heavy atom. The minimum Gasteiger partial charge on any atom is -0.480 e. The summed E-state index contributed by atoms with van der Waals surface area (Å²) in [5.74, 6) is -1.02. The predicted octanol–water partition coefficient (Wildman–Crippen LogP) is 1.11. The fourth-order valence-electron chi connectivity index (χ4n) is 1.07. The van der Waals surface area contributed by atoms with Crippen molar-refractivity contribution in [2.75, 3.05) is 0 Å². The first-order chi connectivity index (χ1) is 7.01. The molecule has 2 atom stereocenters. The molecule has 0 aromatic heterocycles. The van der Waals surface area contributed by atoms with Crippen molar-refractivity contribution < 1.29 is 14.7 Å². The highest BCUT2D eigenvalue weighted by Crippen LogP contribution is 1.93. The Morgan fingerprint density at radius 1 is 1.47 bits per heavy atom. The molecule has 15 heavy (non-hydrogen) atoms. The maximum atomic E-state index is 11.3. The molecule has 2 unspecified atom stereocenters. The third kappa shape index (κ3) is 5.72. The largest absolute Gasteiger partial charge is 0.480 e. The molecule has 0 fully saturated rings. The van der Waals surface area contributed by atoms with E-state index in [1.54, 1.807) is 13.0 Å². The van der Waals surface area contributed by atoms with Crippen molar-refractivity contribution >= 4 is 12.0 Å². The fraction of sp³-hybridized carbons (Fsp3) is 0.600. The summed E-state index contributed by atoms with van der Waals surface area (Å²) in [6.07, 6.45) is 2.70. The third-order valence-corrected chi connectivity index (χ3v) is 1.91. The summed E-state index contributed by atoms with van der Waals surface area (Å²) >= 11 is 0. The van der Waals surface area contributed by atoms with Gasteiger partial charge in [0.25, 0.3) is 0 Å². The van der Waals surface area contributed by atoms with Gasteiger partial charge in [-0.3, -0.25) is 0 Å². The Balaban J connectivity index is 4.01. The van der Waals surface area contributed by atoms with Crippen LogP contribution in [-0.2, 0) is 4.79 Å². The lowest BCUT2D eigenvalue weighted by molar-refractivity contribution is -0.139. The van der Waals surface area contributed by atoms with Gasteiger partial charge in [-0.1, -0.05) is 13.0 Å². The summed E-state index contributed by atoms with van der Waals surface area (Å²) in [4.78, 5) is 21.9. The van der Waals surface area contributed by atoms with Gasteiger partial charge in [0.1, 0.15) is 6.04 Å². The lowest BCUT2D eigenvalue weighted by Gasteiger charge is -2.16. The predicted molar refractivity (Wildman–Crippen MR) is 57.7 cm³/mol. The topological polar surface area (TPSA) is 78.4 Å². The molecule has 3 N–H and O–H groups in total. The van der Waals surface area contributed by atoms with Crippen LogP contribution in [0.4, 0.5) is 4.79 Å². The summed E-state index contributed by atoms with van der Waals surface area (Å²) in [7, 11) is 0. The van der Waals surface area contributed by atoms with Crippen molar-refractivity contribution in [1.29, 1.82) is 0 Å². The van der Waals surface area contributed by atoms with Crippen molar-refractivity contribution in [3.05, 3.63) is 12.7 Å². The first-order valence-corrected chi connectivity index (χ1v) is 4.92. The van der Waals surface area contributed by atoms with Crippen LogP contribution in [0, 0.1) is 0 Å². The van der Waals surface area contributed by atoms with Crippen molar-refractivity contribution in [3.8, 4) is 0 Å². The Bertz CT molecular complexity index is 241. The van der Waals surface area contributed by atoms with E-state index in [-0.39, 0.29) is 6.04 Å². The second-order valence-corrected chi connectivity index (χ2v) is 3.34. The minimum absolute atomic E-state index is 0.0474. The smallest absolute Gasteiger partial charge is 0.326 e. The summed E-state index contributed by atoms with van der Waals surface area (Å²) in [5.41, 5.74) is 0. The molecule has 0 aromatic rings. The van der Waals surface area contributed by atoms with E-state index >= 15 is 0 Å². The first kappa shape index (κ1) is 13.5. The van der Waals surface area contributed by atoms with Gasteiger partial charge in [-0.25, -0.2) is 9.59 Å². The van der Waals surface area contributed by atoms with Gasteiger partial charge in [0.2, 0.25) is 0 Å². The van der Waals surface area contributed by atoms with Gasteiger partial charge in [0, 0.05) is 6.04 Å². The van der Waals surface area contributed by atoms with Crippen LogP contribution in [0.5, 0.6) is 0 Å². The minimum atomic E-state index is -1.02. The molecular formula is C10H18N2O3. The maximum absolute atomic E-state index is 11.3. The molecular weight excluding hydrogens is 196 g/mol. The van der Waals surface area contributed by atoms with Crippen LogP contribution in [0.2, 0.25) is 0 Å². The Morgan fingerprint density at radius 2 is 2.07 bits per heavy atom. The molecule has 0 spiro atoms. The molecule has 0 aliphatic heterocycles. The Labute approximate surface area is 89.6 Å². The van der Waals surface area contributed by atoms with Crippen LogP contribution in [0.15, 0.2) is 12.7 Å². The molecule has 86 valence electrons. The average molecular weight is 214 g/mol. The van der Waals surface area contributed by atoms with Crippen LogP contribution in [0.1, 0.15) is 26.7 Å². The normalized spacial score (nSPS) is 13.7. The monoisotopic (exact) mass is 214 g/mol. The van der Waals surface area contributed by atoms with Crippen LogP contribution in [-0.4, -0.2) is 29.2 Å². The number of rotatable bonds is 6. The number of aliphatic carboxylic acids is 1. The molecule has 0 aromatic carbocycles. The van der Waals surface area contributed by atoms with E-state index in [9.17, 15) is 9.59 Å². The van der Waals surface area contributed by atoms with Gasteiger partial charge in [-0.05, 0) is 19.8 Å². The molecule has 0 aliphatic rings. The van der Waals surface area contributed by atoms with Crippen molar-refractivity contribution in [1.82, 2.24) is 10.6 Å². The molecule has 0 heterocycles. The van der Waals surface area contributed by atoms with Gasteiger partial charge >= 0.3 is 12.0 Å². The van der Waals surface area contributed by atoms with E-state index in [1.165, 1.54) is 0 Å². The van der Waals surface area contributed by atoms with Gasteiger partial charge in [0.05, 0.1) is 0 Å². The van der Waals surface area contributed by atoms with Crippen molar-refractivity contribution in [2.24, 2.45) is 0 Å². The summed E-state index contributed by atoms with van der Waals surface area (Å²) in [6, 6.07) is -1.34. The average Bonchev–Trinajstić information content (AvgIpc) is 2.13. The molecule has 5 heteroatoms. The second-order valence-electron chi connectivity index (χ2n) is 3.34. The molecule has 5 nitrogen and oxygen atoms in total. The summed E-state index contributed by atoms with van der Waals surface area (Å²) < 4.78 is 0. The van der Waals surface area contributed by atoms with E-state index in [1.807, 2.05) is 6.92 Å². The molecule has 0 aliphatic carbocycles. The molecule has 0 rings (SSSR count). The molecule has 0 radical (unpaired) electrons. The highest BCUT2D eigenvalue weighted by molar-refractivity contribution is 5.82. The number of urea groups is 1. The quantitative estimate of drug-likeness (QED) is 0.579. The lowest BCUT2D eigenvalue weighted by atomic mass is 10.2. The number of carboxylic acid groups (broad SMARTS) is 1. The van der Waals surface area contributed by atoms with E-state index < -0.39 is 18.0 Å². The number of carbonyl (C=O) groups excluding carboxylic acids is 1. The molecule has 2 amide bonds. The fourth-order valence-corrected chi connectivity index (χ4v) is 1.07. The van der Waals surface area contributed by atoms with Crippen molar-refractivity contribution in [2.45, 2.75) is 38.8 Å². The maximum Gasteiger partial charge on any atom is 0.326 e. The van der Waals surface area contributed by atoms with Crippen LogP contribution < -0.4 is 10.6 Å². The van der Waals surface area contributed by atoms with E-state index in [2.05, 4.69) is 17.2 Å². The van der Waals surface area contributed by atoms with Gasteiger partial charge in [-0.15, -0.1) is 6.58 Å². The molecule has 0 saturated carbocycles. The van der Waals surface area contributed by atoms with Crippen LogP contribution >= 0.6 is 0 Å². The number of nitrogens with one attached hydrogen (secondary N) is 2. The summed E-state index contributed by atoms with van der Waals surface area (Å²) in [6.45, 7) is 7.07. The van der Waals surface area contributed by atoms with E-state index in [4.69, 9.17) is 5.11 Å². The highest BCUT2D eigenvalue weighted by Gasteiger charge is 2.17. The van der Waals surface area contributed by atoms with Gasteiger partial charge in [-0.2, -0.15) is 0 Å². The molecule has 0 bridgehead atoms. The standard InChI is InChI=1S/C10H18N2O3/c1-4-6-7(3)11-10(15)12-8(5-2)9(13)14/h4,7-8H,1,5-6H2,2-3H3,(H,13,14)(H2,11,12,15). The van der Waals surface area contributed by atoms with E-state index in [0.29, 0.717) is 12.8 Å². The SMILES string of the molecule is C=CCC(C)NC(=O)NC(CC)C(=O)O. The lowest BCUT2D eigenvalue weighted by Crippen LogP contribution is -2.48. The Hall–Kier alpha value is -1.52. The van der Waals surface area contributed by atoms with E-state index in [0.717, 1.165) is 0 Å². The zero-order valence-electron chi connectivity index (χ0n) is 9.12. The zero-order valence-corrected chi connectivity index (χ0v) is 9.12. The Kier molecular flexibility index (Phi) is 6.17. The van der Waals surface area contributed by atoms with Crippen LogP contribution in [0.3, 0.4) is 0 Å². The van der Waals surface area contributed by atoms with Crippen LogP contribution in [0.25, 0.3) is 0 Å². The second kappa shape index (κ2) is 6.86. The first-order valence-electron chi connectivity index (χ1n) is 4.92.